The van der Waals surface area contributed by atoms with Gasteiger partial charge in [0.15, 0.2) is 0 Å². The Labute approximate surface area is 96.3 Å². The highest BCUT2D eigenvalue weighted by Gasteiger charge is 2.34. The lowest BCUT2D eigenvalue weighted by atomic mass is 9.75. The number of aliphatic hydroxyl groups excluding tert-OH is 1. The maximum absolute atomic E-state index is 11.9. The summed E-state index contributed by atoms with van der Waals surface area (Å²) in [4.78, 5) is 11.9. The first-order chi connectivity index (χ1) is 7.70. The number of aliphatic hydroxyl groups is 1. The van der Waals surface area contributed by atoms with E-state index in [0.29, 0.717) is 6.42 Å². The second kappa shape index (κ2) is 4.79. The molecule has 1 fully saturated rings. The van der Waals surface area contributed by atoms with E-state index in [0.717, 1.165) is 18.4 Å². The Morgan fingerprint density at radius 2 is 2.00 bits per heavy atom. The van der Waals surface area contributed by atoms with Crippen LogP contribution in [0.5, 0.6) is 0 Å². The van der Waals surface area contributed by atoms with Crippen LogP contribution in [0.15, 0.2) is 30.3 Å². The Morgan fingerprint density at radius 3 is 2.62 bits per heavy atom. The highest BCUT2D eigenvalue weighted by atomic mass is 16.3. The molecule has 86 valence electrons. The Bertz CT molecular complexity index is 358. The molecule has 0 spiro atoms. The molecular weight excluding hydrogens is 200 g/mol. The van der Waals surface area contributed by atoms with Crippen LogP contribution in [0.1, 0.15) is 37.9 Å². The van der Waals surface area contributed by atoms with Gasteiger partial charge in [0.1, 0.15) is 5.78 Å². The molecule has 1 aromatic carbocycles. The second-order valence-corrected chi connectivity index (χ2v) is 4.72. The van der Waals surface area contributed by atoms with Crippen LogP contribution in [0.2, 0.25) is 0 Å². The van der Waals surface area contributed by atoms with Gasteiger partial charge in [0, 0.05) is 6.42 Å². The van der Waals surface area contributed by atoms with Gasteiger partial charge < -0.3 is 5.11 Å². The molecule has 0 saturated heterocycles. The van der Waals surface area contributed by atoms with Crippen molar-refractivity contribution in [2.75, 3.05) is 0 Å². The lowest BCUT2D eigenvalue weighted by molar-refractivity contribution is -0.131. The zero-order valence-electron chi connectivity index (χ0n) is 9.60. The summed E-state index contributed by atoms with van der Waals surface area (Å²) in [5.74, 6) is 0.294. The number of ketones is 1. The van der Waals surface area contributed by atoms with E-state index in [-0.39, 0.29) is 17.6 Å². The molecule has 2 heteroatoms. The third kappa shape index (κ3) is 2.17. The maximum Gasteiger partial charge on any atom is 0.139 e. The predicted molar refractivity (Wildman–Crippen MR) is 62.9 cm³/mol. The van der Waals surface area contributed by atoms with E-state index in [1.807, 2.05) is 30.3 Å². The first kappa shape index (κ1) is 11.3. The van der Waals surface area contributed by atoms with Gasteiger partial charge in [-0.1, -0.05) is 37.3 Å². The number of carbonyl (C=O) groups is 1. The molecule has 16 heavy (non-hydrogen) atoms. The van der Waals surface area contributed by atoms with Crippen molar-refractivity contribution in [3.8, 4) is 0 Å². The smallest absolute Gasteiger partial charge is 0.139 e. The molecule has 1 aromatic rings. The largest absolute Gasteiger partial charge is 0.388 e. The lowest BCUT2D eigenvalue weighted by Gasteiger charge is -2.31. The van der Waals surface area contributed by atoms with Gasteiger partial charge in [-0.2, -0.15) is 0 Å². The molecule has 0 bridgehead atoms. The molecule has 0 aliphatic heterocycles. The van der Waals surface area contributed by atoms with Crippen LogP contribution in [-0.4, -0.2) is 10.9 Å². The Balaban J connectivity index is 2.20. The Hall–Kier alpha value is -1.15. The molecule has 1 aliphatic rings. The summed E-state index contributed by atoms with van der Waals surface area (Å²) in [5, 5.41) is 10.3. The third-order valence-electron chi connectivity index (χ3n) is 3.55. The fraction of sp³-hybridized carbons (Fsp3) is 0.500. The molecule has 0 aromatic heterocycles. The highest BCUT2D eigenvalue weighted by Crippen LogP contribution is 2.36. The number of rotatable bonds is 2. The summed E-state index contributed by atoms with van der Waals surface area (Å²) in [6.45, 7) is 2.06. The van der Waals surface area contributed by atoms with E-state index in [1.54, 1.807) is 0 Å². The van der Waals surface area contributed by atoms with Crippen LogP contribution in [0.3, 0.4) is 0 Å². The first-order valence-electron chi connectivity index (χ1n) is 5.96. The zero-order chi connectivity index (χ0) is 11.5. The summed E-state index contributed by atoms with van der Waals surface area (Å²) in [7, 11) is 0. The Morgan fingerprint density at radius 1 is 1.31 bits per heavy atom. The monoisotopic (exact) mass is 218 g/mol. The number of benzene rings is 1. The van der Waals surface area contributed by atoms with Crippen LogP contribution in [-0.2, 0) is 4.79 Å². The average molecular weight is 218 g/mol. The molecule has 2 nitrogen and oxygen atoms in total. The van der Waals surface area contributed by atoms with Crippen molar-refractivity contribution in [2.24, 2.45) is 11.8 Å². The van der Waals surface area contributed by atoms with E-state index in [4.69, 9.17) is 0 Å². The fourth-order valence-electron chi connectivity index (χ4n) is 2.61. The standard InChI is InChI=1S/C14H18O2/c1-10-6-5-9-12(15)13(10)14(16)11-7-3-2-4-8-11/h2-4,7-8,10,13-14,16H,5-6,9H2,1H3/t10-,13?,14?/m0/s1. The summed E-state index contributed by atoms with van der Waals surface area (Å²) in [6, 6.07) is 9.49. The van der Waals surface area contributed by atoms with Gasteiger partial charge in [0.25, 0.3) is 0 Å². The highest BCUT2D eigenvalue weighted by molar-refractivity contribution is 5.82. The van der Waals surface area contributed by atoms with Crippen molar-refractivity contribution in [1.82, 2.24) is 0 Å². The van der Waals surface area contributed by atoms with Gasteiger partial charge in [0.2, 0.25) is 0 Å². The molecule has 0 amide bonds. The van der Waals surface area contributed by atoms with Crippen LogP contribution >= 0.6 is 0 Å². The normalized spacial score (nSPS) is 27.8. The number of Topliss-reactive ketones (excluding diaryl/α,β-unsaturated/α-hetero) is 1. The van der Waals surface area contributed by atoms with E-state index >= 15 is 0 Å². The zero-order valence-corrected chi connectivity index (χ0v) is 9.60. The second-order valence-electron chi connectivity index (χ2n) is 4.72. The molecule has 0 heterocycles. The molecular formula is C14H18O2. The van der Waals surface area contributed by atoms with Crippen molar-refractivity contribution < 1.29 is 9.90 Å². The molecule has 1 saturated carbocycles. The van der Waals surface area contributed by atoms with Crippen molar-refractivity contribution >= 4 is 5.78 Å². The minimum atomic E-state index is -0.635. The van der Waals surface area contributed by atoms with Crippen molar-refractivity contribution in [2.45, 2.75) is 32.3 Å². The van der Waals surface area contributed by atoms with E-state index in [9.17, 15) is 9.90 Å². The summed E-state index contributed by atoms with van der Waals surface area (Å²) in [6.07, 6.45) is 2.00. The van der Waals surface area contributed by atoms with E-state index < -0.39 is 6.10 Å². The van der Waals surface area contributed by atoms with E-state index in [2.05, 4.69) is 6.92 Å². The van der Waals surface area contributed by atoms with Gasteiger partial charge in [-0.05, 0) is 24.3 Å². The van der Waals surface area contributed by atoms with Gasteiger partial charge >= 0.3 is 0 Å². The van der Waals surface area contributed by atoms with Gasteiger partial charge in [0.05, 0.1) is 12.0 Å². The topological polar surface area (TPSA) is 37.3 Å². The SMILES string of the molecule is C[C@H]1CCCC(=O)C1C(O)c1ccccc1. The quantitative estimate of drug-likeness (QED) is 0.828. The summed E-state index contributed by atoms with van der Waals surface area (Å²) < 4.78 is 0. The van der Waals surface area contributed by atoms with Gasteiger partial charge in [-0.15, -0.1) is 0 Å². The third-order valence-corrected chi connectivity index (χ3v) is 3.55. The predicted octanol–water partition coefficient (Wildman–Crippen LogP) is 2.73. The fourth-order valence-corrected chi connectivity index (χ4v) is 2.61. The van der Waals surface area contributed by atoms with Gasteiger partial charge in [-0.3, -0.25) is 4.79 Å². The first-order valence-corrected chi connectivity index (χ1v) is 5.96. The molecule has 1 N–H and O–H groups in total. The molecule has 2 unspecified atom stereocenters. The van der Waals surface area contributed by atoms with Crippen molar-refractivity contribution in [1.29, 1.82) is 0 Å². The van der Waals surface area contributed by atoms with Crippen molar-refractivity contribution in [3.05, 3.63) is 35.9 Å². The van der Waals surface area contributed by atoms with E-state index in [1.165, 1.54) is 0 Å². The minimum Gasteiger partial charge on any atom is -0.388 e. The van der Waals surface area contributed by atoms with Gasteiger partial charge in [-0.25, -0.2) is 0 Å². The van der Waals surface area contributed by atoms with Crippen LogP contribution in [0.25, 0.3) is 0 Å². The molecule has 0 radical (unpaired) electrons. The summed E-state index contributed by atoms with van der Waals surface area (Å²) in [5.41, 5.74) is 0.856. The van der Waals surface area contributed by atoms with Crippen LogP contribution < -0.4 is 0 Å². The molecule has 2 rings (SSSR count). The number of carbonyl (C=O) groups excluding carboxylic acids is 1. The number of hydrogen-bond donors (Lipinski definition) is 1. The molecule has 1 aliphatic carbocycles. The van der Waals surface area contributed by atoms with Crippen LogP contribution in [0, 0.1) is 11.8 Å². The lowest BCUT2D eigenvalue weighted by Crippen LogP contribution is -2.32. The van der Waals surface area contributed by atoms with Crippen molar-refractivity contribution in [3.63, 3.8) is 0 Å². The number of hydrogen-bond acceptors (Lipinski definition) is 2. The molecule has 3 atom stereocenters. The van der Waals surface area contributed by atoms with Crippen LogP contribution in [0.4, 0.5) is 0 Å². The minimum absolute atomic E-state index is 0.212. The maximum atomic E-state index is 11.9. The average Bonchev–Trinajstić information content (AvgIpc) is 2.30. The summed E-state index contributed by atoms with van der Waals surface area (Å²) >= 11 is 0. The Kier molecular flexibility index (Phi) is 3.39.